The molecule has 0 aliphatic rings. The second-order valence-corrected chi connectivity index (χ2v) is 4.03. The highest BCUT2D eigenvalue weighted by Gasteiger charge is 2.25. The van der Waals surface area contributed by atoms with Crippen molar-refractivity contribution in [1.29, 1.82) is 0 Å². The highest BCUT2D eigenvalue weighted by molar-refractivity contribution is 5.95. The van der Waals surface area contributed by atoms with Gasteiger partial charge in [0.2, 0.25) is 0 Å². The predicted octanol–water partition coefficient (Wildman–Crippen LogP) is 2.29. The lowest BCUT2D eigenvalue weighted by molar-refractivity contribution is -0.385. The van der Waals surface area contributed by atoms with Crippen molar-refractivity contribution in [3.63, 3.8) is 0 Å². The molecule has 0 atom stereocenters. The van der Waals surface area contributed by atoms with Crippen molar-refractivity contribution < 1.29 is 19.2 Å². The van der Waals surface area contributed by atoms with E-state index in [1.807, 2.05) is 6.92 Å². The van der Waals surface area contributed by atoms with Crippen LogP contribution in [0.15, 0.2) is 18.2 Å². The number of ether oxygens (including phenoxy) is 1. The number of para-hydroxylation sites is 1. The summed E-state index contributed by atoms with van der Waals surface area (Å²) >= 11 is 0. The summed E-state index contributed by atoms with van der Waals surface area (Å²) in [5.41, 5.74) is -0.237. The molecule has 0 heterocycles. The molecule has 1 rings (SSSR count). The van der Waals surface area contributed by atoms with Gasteiger partial charge >= 0.3 is 5.97 Å². The number of carbonyl (C=O) groups excluding carboxylic acids is 2. The summed E-state index contributed by atoms with van der Waals surface area (Å²) in [6, 6.07) is 4.31. The molecule has 6 nitrogen and oxygen atoms in total. The first-order valence-corrected chi connectivity index (χ1v) is 5.87. The third kappa shape index (κ3) is 3.61. The Morgan fingerprint density at radius 2 is 2.05 bits per heavy atom. The molecule has 0 amide bonds. The zero-order valence-electron chi connectivity index (χ0n) is 10.8. The maximum Gasteiger partial charge on any atom is 0.344 e. The Bertz CT molecular complexity index is 510. The summed E-state index contributed by atoms with van der Waals surface area (Å²) in [4.78, 5) is 33.5. The average Bonchev–Trinajstić information content (AvgIpc) is 2.37. The summed E-state index contributed by atoms with van der Waals surface area (Å²) < 4.78 is 4.51. The molecule has 0 spiro atoms. The minimum atomic E-state index is -0.781. The minimum Gasteiger partial charge on any atom is -0.465 e. The van der Waals surface area contributed by atoms with Crippen LogP contribution >= 0.6 is 0 Å². The van der Waals surface area contributed by atoms with Crippen LogP contribution in [0.1, 0.15) is 35.7 Å². The molecule has 0 aromatic heterocycles. The summed E-state index contributed by atoms with van der Waals surface area (Å²) in [5.74, 6) is -0.871. The highest BCUT2D eigenvalue weighted by Crippen LogP contribution is 2.25. The molecule has 0 unspecified atom stereocenters. The Morgan fingerprint density at radius 3 is 2.58 bits per heavy atom. The van der Waals surface area contributed by atoms with Crippen molar-refractivity contribution in [2.24, 2.45) is 0 Å². The van der Waals surface area contributed by atoms with Crippen LogP contribution < -0.4 is 0 Å². The molecule has 102 valence electrons. The molecule has 0 aliphatic heterocycles. The Balaban J connectivity index is 3.21. The van der Waals surface area contributed by atoms with Gasteiger partial charge in [-0.1, -0.05) is 19.1 Å². The van der Waals surface area contributed by atoms with Crippen LogP contribution in [0, 0.1) is 10.1 Å². The van der Waals surface area contributed by atoms with Gasteiger partial charge in [-0.25, -0.2) is 4.79 Å². The van der Waals surface area contributed by atoms with Crippen LogP contribution in [-0.4, -0.2) is 23.8 Å². The molecule has 0 saturated carbocycles. The second-order valence-electron chi connectivity index (χ2n) is 4.03. The molecular weight excluding hydrogens is 250 g/mol. The van der Waals surface area contributed by atoms with Gasteiger partial charge in [-0.3, -0.25) is 14.9 Å². The zero-order chi connectivity index (χ0) is 14.4. The molecule has 19 heavy (non-hydrogen) atoms. The fourth-order valence-electron chi connectivity index (χ4n) is 1.80. The van der Waals surface area contributed by atoms with Gasteiger partial charge in [0, 0.05) is 18.4 Å². The van der Waals surface area contributed by atoms with E-state index < -0.39 is 10.9 Å². The molecule has 0 aliphatic carbocycles. The summed E-state index contributed by atoms with van der Waals surface area (Å²) in [7, 11) is 1.15. The third-order valence-electron chi connectivity index (χ3n) is 2.62. The Morgan fingerprint density at radius 1 is 1.37 bits per heavy atom. The van der Waals surface area contributed by atoms with Crippen LogP contribution in [0.5, 0.6) is 0 Å². The van der Waals surface area contributed by atoms with Crippen LogP contribution in [0.2, 0.25) is 0 Å². The first kappa shape index (κ1) is 14.8. The zero-order valence-corrected chi connectivity index (χ0v) is 10.8. The SMILES string of the molecule is CCCC(=O)Cc1cccc(C(=O)OC)c1[N+](=O)[O-]. The average molecular weight is 265 g/mol. The van der Waals surface area contributed by atoms with E-state index in [0.717, 1.165) is 7.11 Å². The number of hydrogen-bond donors (Lipinski definition) is 0. The second kappa shape index (κ2) is 6.63. The van der Waals surface area contributed by atoms with E-state index in [1.54, 1.807) is 0 Å². The van der Waals surface area contributed by atoms with Crippen LogP contribution in [0.25, 0.3) is 0 Å². The lowest BCUT2D eigenvalue weighted by Crippen LogP contribution is -2.10. The number of nitro groups is 1. The summed E-state index contributed by atoms with van der Waals surface area (Å²) in [5, 5.41) is 11.1. The molecular formula is C13H15NO5. The van der Waals surface area contributed by atoms with Crippen molar-refractivity contribution >= 4 is 17.4 Å². The van der Waals surface area contributed by atoms with Crippen molar-refractivity contribution in [2.45, 2.75) is 26.2 Å². The molecule has 6 heteroatoms. The number of hydrogen-bond acceptors (Lipinski definition) is 5. The van der Waals surface area contributed by atoms with Crippen molar-refractivity contribution in [2.75, 3.05) is 7.11 Å². The number of nitro benzene ring substituents is 1. The molecule has 1 aromatic carbocycles. The van der Waals surface area contributed by atoms with Gasteiger partial charge < -0.3 is 4.74 Å². The number of Topliss-reactive ketones (excluding diaryl/α,β-unsaturated/α-hetero) is 1. The number of esters is 1. The predicted molar refractivity (Wildman–Crippen MR) is 68.1 cm³/mol. The standard InChI is InChI=1S/C13H15NO5/c1-3-5-10(15)8-9-6-4-7-11(13(16)19-2)12(9)14(17)18/h4,6-7H,3,5,8H2,1-2H3. The van der Waals surface area contributed by atoms with Gasteiger partial charge in [0.15, 0.2) is 0 Å². The van der Waals surface area contributed by atoms with E-state index in [9.17, 15) is 19.7 Å². The monoisotopic (exact) mass is 265 g/mol. The maximum atomic E-state index is 11.6. The Labute approximate surface area is 110 Å². The topological polar surface area (TPSA) is 86.5 Å². The fourth-order valence-corrected chi connectivity index (χ4v) is 1.80. The smallest absolute Gasteiger partial charge is 0.344 e. The number of nitrogens with zero attached hydrogens (tertiary/aromatic N) is 1. The van der Waals surface area contributed by atoms with Crippen LogP contribution in [0.3, 0.4) is 0 Å². The molecule has 0 bridgehead atoms. The molecule has 1 aromatic rings. The fraction of sp³-hybridized carbons (Fsp3) is 0.385. The Kier molecular flexibility index (Phi) is 5.17. The lowest BCUT2D eigenvalue weighted by Gasteiger charge is -2.06. The van der Waals surface area contributed by atoms with Gasteiger partial charge in [0.1, 0.15) is 11.3 Å². The molecule has 0 saturated heterocycles. The summed E-state index contributed by atoms with van der Waals surface area (Å²) in [6.45, 7) is 1.86. The highest BCUT2D eigenvalue weighted by atomic mass is 16.6. The van der Waals surface area contributed by atoms with Crippen LogP contribution in [-0.2, 0) is 16.0 Å². The third-order valence-corrected chi connectivity index (χ3v) is 2.62. The van der Waals surface area contributed by atoms with Gasteiger partial charge in [-0.05, 0) is 12.5 Å². The lowest BCUT2D eigenvalue weighted by atomic mass is 10.0. The molecule has 0 fully saturated rings. The number of benzene rings is 1. The van der Waals surface area contributed by atoms with Crippen molar-refractivity contribution in [3.8, 4) is 0 Å². The van der Waals surface area contributed by atoms with Gasteiger partial charge in [-0.15, -0.1) is 0 Å². The number of ketones is 1. The first-order valence-electron chi connectivity index (χ1n) is 5.87. The van der Waals surface area contributed by atoms with Crippen molar-refractivity contribution in [3.05, 3.63) is 39.4 Å². The van der Waals surface area contributed by atoms with Gasteiger partial charge in [0.05, 0.1) is 12.0 Å². The van der Waals surface area contributed by atoms with E-state index in [2.05, 4.69) is 4.74 Å². The van der Waals surface area contributed by atoms with Gasteiger partial charge in [0.25, 0.3) is 5.69 Å². The number of carbonyl (C=O) groups is 2. The quantitative estimate of drug-likeness (QED) is 0.447. The van der Waals surface area contributed by atoms with E-state index in [4.69, 9.17) is 0 Å². The number of methoxy groups -OCH3 is 1. The van der Waals surface area contributed by atoms with Crippen LogP contribution in [0.4, 0.5) is 5.69 Å². The molecule has 0 N–H and O–H groups in total. The maximum absolute atomic E-state index is 11.6. The van der Waals surface area contributed by atoms with Crippen molar-refractivity contribution in [1.82, 2.24) is 0 Å². The molecule has 0 radical (unpaired) electrons. The van der Waals surface area contributed by atoms with E-state index in [-0.39, 0.29) is 29.0 Å². The largest absolute Gasteiger partial charge is 0.465 e. The number of rotatable bonds is 6. The normalized spacial score (nSPS) is 10.0. The van der Waals surface area contributed by atoms with Gasteiger partial charge in [-0.2, -0.15) is 0 Å². The van der Waals surface area contributed by atoms with E-state index in [0.29, 0.717) is 12.8 Å². The summed E-state index contributed by atoms with van der Waals surface area (Å²) in [6.07, 6.45) is 0.998. The van der Waals surface area contributed by atoms with E-state index >= 15 is 0 Å². The van der Waals surface area contributed by atoms with E-state index in [1.165, 1.54) is 18.2 Å². The Hall–Kier alpha value is -2.24. The minimum absolute atomic E-state index is 0.0466. The first-order chi connectivity index (χ1) is 9.01.